The van der Waals surface area contributed by atoms with Crippen molar-refractivity contribution in [3.05, 3.63) is 22.3 Å². The number of hydrogen-bond donors (Lipinski definition) is 1. The molecule has 0 bridgehead atoms. The summed E-state index contributed by atoms with van der Waals surface area (Å²) >= 11 is 3.23. The summed E-state index contributed by atoms with van der Waals surface area (Å²) < 4.78 is 5.75. The lowest BCUT2D eigenvalue weighted by atomic mass is 10.3. The molecular formula is C7H11BrCl2N2O. The van der Waals surface area contributed by atoms with Crippen LogP contribution in [-0.4, -0.2) is 12.1 Å². The highest BCUT2D eigenvalue weighted by molar-refractivity contribution is 9.10. The summed E-state index contributed by atoms with van der Waals surface area (Å²) in [5, 5.41) is 0. The first-order chi connectivity index (χ1) is 5.27. The molecule has 13 heavy (non-hydrogen) atoms. The maximum absolute atomic E-state index is 5.44. The Hall–Kier alpha value is -0.0300. The zero-order valence-electron chi connectivity index (χ0n) is 6.99. The molecule has 76 valence electrons. The van der Waals surface area contributed by atoms with E-state index in [1.54, 1.807) is 7.11 Å². The van der Waals surface area contributed by atoms with Gasteiger partial charge in [0.05, 0.1) is 7.11 Å². The minimum absolute atomic E-state index is 0. The molecule has 2 N–H and O–H groups in total. The van der Waals surface area contributed by atoms with Crippen molar-refractivity contribution in [1.29, 1.82) is 0 Å². The van der Waals surface area contributed by atoms with Crippen molar-refractivity contribution in [2.45, 2.75) is 6.54 Å². The first-order valence-electron chi connectivity index (χ1n) is 3.17. The van der Waals surface area contributed by atoms with E-state index in [4.69, 9.17) is 10.5 Å². The molecule has 0 aliphatic carbocycles. The number of pyridine rings is 1. The van der Waals surface area contributed by atoms with Crippen LogP contribution >= 0.6 is 40.7 Å². The third kappa shape index (κ3) is 4.13. The molecule has 0 aliphatic heterocycles. The van der Waals surface area contributed by atoms with Crippen molar-refractivity contribution >= 4 is 40.7 Å². The smallest absolute Gasteiger partial charge is 0.218 e. The maximum atomic E-state index is 5.44. The molecule has 0 amide bonds. The normalized spacial score (nSPS) is 8.23. The van der Waals surface area contributed by atoms with Gasteiger partial charge in [-0.3, -0.25) is 0 Å². The molecule has 0 spiro atoms. The Morgan fingerprint density at radius 3 is 2.54 bits per heavy atom. The van der Waals surface area contributed by atoms with E-state index >= 15 is 0 Å². The minimum Gasteiger partial charge on any atom is -0.481 e. The van der Waals surface area contributed by atoms with Gasteiger partial charge in [-0.2, -0.15) is 0 Å². The minimum atomic E-state index is 0. The summed E-state index contributed by atoms with van der Waals surface area (Å²) in [5.74, 6) is 0.585. The van der Waals surface area contributed by atoms with Gasteiger partial charge >= 0.3 is 0 Å². The van der Waals surface area contributed by atoms with E-state index in [0.717, 1.165) is 10.2 Å². The van der Waals surface area contributed by atoms with Crippen LogP contribution in [0.1, 0.15) is 5.56 Å². The van der Waals surface area contributed by atoms with E-state index in [9.17, 15) is 0 Å². The first kappa shape index (κ1) is 15.4. The molecule has 0 aliphatic rings. The number of ether oxygens (including phenoxy) is 1. The number of methoxy groups -OCH3 is 1. The highest BCUT2D eigenvalue weighted by Gasteiger charge is 2.01. The average molecular weight is 290 g/mol. The average Bonchev–Trinajstić information content (AvgIpc) is 2.04. The molecule has 1 heterocycles. The van der Waals surface area contributed by atoms with Crippen LogP contribution in [0.15, 0.2) is 16.7 Å². The molecule has 0 unspecified atom stereocenters. The van der Waals surface area contributed by atoms with Crippen LogP contribution in [0.5, 0.6) is 5.88 Å². The van der Waals surface area contributed by atoms with Crippen molar-refractivity contribution < 1.29 is 4.74 Å². The molecule has 6 heteroatoms. The van der Waals surface area contributed by atoms with Gasteiger partial charge in [0.2, 0.25) is 5.88 Å². The van der Waals surface area contributed by atoms with Crippen molar-refractivity contribution in [3.8, 4) is 5.88 Å². The molecule has 0 saturated carbocycles. The number of nitrogens with two attached hydrogens (primary N) is 1. The van der Waals surface area contributed by atoms with Gasteiger partial charge in [-0.15, -0.1) is 24.8 Å². The number of rotatable bonds is 2. The van der Waals surface area contributed by atoms with Gasteiger partial charge in [-0.25, -0.2) is 4.98 Å². The van der Waals surface area contributed by atoms with Gasteiger partial charge in [0.25, 0.3) is 0 Å². The first-order valence-corrected chi connectivity index (χ1v) is 3.96. The van der Waals surface area contributed by atoms with Crippen molar-refractivity contribution in [3.63, 3.8) is 0 Å². The zero-order chi connectivity index (χ0) is 8.27. The lowest BCUT2D eigenvalue weighted by Crippen LogP contribution is -2.01. The fourth-order valence-electron chi connectivity index (χ4n) is 0.779. The van der Waals surface area contributed by atoms with E-state index in [1.807, 2.05) is 12.1 Å². The Bertz CT molecular complexity index is 260. The number of aromatic nitrogens is 1. The van der Waals surface area contributed by atoms with E-state index in [2.05, 4.69) is 20.9 Å². The topological polar surface area (TPSA) is 48.1 Å². The molecule has 0 aromatic carbocycles. The molecule has 0 radical (unpaired) electrons. The third-order valence-electron chi connectivity index (χ3n) is 1.32. The fourth-order valence-corrected chi connectivity index (χ4v) is 1.07. The lowest BCUT2D eigenvalue weighted by molar-refractivity contribution is 0.392. The Balaban J connectivity index is 0. The lowest BCUT2D eigenvalue weighted by Gasteiger charge is -2.04. The second kappa shape index (κ2) is 7.38. The predicted octanol–water partition coefficient (Wildman–Crippen LogP) is 2.16. The van der Waals surface area contributed by atoms with Gasteiger partial charge in [-0.1, -0.05) is 0 Å². The predicted molar refractivity (Wildman–Crippen MR) is 60.9 cm³/mol. The molecule has 0 saturated heterocycles. The van der Waals surface area contributed by atoms with Gasteiger partial charge in [-0.05, 0) is 28.1 Å². The van der Waals surface area contributed by atoms with Crippen LogP contribution in [0.4, 0.5) is 0 Å². The number of halogens is 3. The SMILES string of the molecule is COc1nc(Br)ccc1CN.Cl.Cl. The van der Waals surface area contributed by atoms with Crippen LogP contribution in [0, 0.1) is 0 Å². The zero-order valence-corrected chi connectivity index (χ0v) is 10.2. The number of hydrogen-bond acceptors (Lipinski definition) is 3. The molecule has 1 rings (SSSR count). The van der Waals surface area contributed by atoms with Gasteiger partial charge in [0, 0.05) is 12.1 Å². The summed E-state index contributed by atoms with van der Waals surface area (Å²) in [7, 11) is 1.58. The highest BCUT2D eigenvalue weighted by Crippen LogP contribution is 2.17. The van der Waals surface area contributed by atoms with E-state index in [-0.39, 0.29) is 24.8 Å². The Morgan fingerprint density at radius 2 is 2.08 bits per heavy atom. The Morgan fingerprint density at radius 1 is 1.46 bits per heavy atom. The summed E-state index contributed by atoms with van der Waals surface area (Å²) in [6, 6.07) is 3.72. The summed E-state index contributed by atoms with van der Waals surface area (Å²) in [4.78, 5) is 4.08. The quantitative estimate of drug-likeness (QED) is 0.849. The summed E-state index contributed by atoms with van der Waals surface area (Å²) in [6.07, 6.45) is 0. The fraction of sp³-hybridized carbons (Fsp3) is 0.286. The maximum Gasteiger partial charge on any atom is 0.218 e. The Labute approximate surface area is 98.0 Å². The second-order valence-corrected chi connectivity index (χ2v) is 2.82. The highest BCUT2D eigenvalue weighted by atomic mass is 79.9. The van der Waals surface area contributed by atoms with Crippen LogP contribution in [-0.2, 0) is 6.54 Å². The van der Waals surface area contributed by atoms with Crippen molar-refractivity contribution in [2.75, 3.05) is 7.11 Å². The van der Waals surface area contributed by atoms with Crippen LogP contribution < -0.4 is 10.5 Å². The van der Waals surface area contributed by atoms with Gasteiger partial charge in [0.15, 0.2) is 0 Å². The van der Waals surface area contributed by atoms with E-state index in [0.29, 0.717) is 12.4 Å². The van der Waals surface area contributed by atoms with E-state index in [1.165, 1.54) is 0 Å². The van der Waals surface area contributed by atoms with Crippen molar-refractivity contribution in [1.82, 2.24) is 4.98 Å². The van der Waals surface area contributed by atoms with Crippen LogP contribution in [0.3, 0.4) is 0 Å². The summed E-state index contributed by atoms with van der Waals surface area (Å²) in [6.45, 7) is 0.448. The molecule has 1 aromatic heterocycles. The standard InChI is InChI=1S/C7H9BrN2O.2ClH/c1-11-7-5(4-9)2-3-6(8)10-7;;/h2-3H,4,9H2,1H3;2*1H. The monoisotopic (exact) mass is 288 g/mol. The van der Waals surface area contributed by atoms with E-state index < -0.39 is 0 Å². The number of nitrogens with zero attached hydrogens (tertiary/aromatic N) is 1. The van der Waals surface area contributed by atoms with Crippen molar-refractivity contribution in [2.24, 2.45) is 5.73 Å². The third-order valence-corrected chi connectivity index (χ3v) is 1.76. The molecule has 1 aromatic rings. The van der Waals surface area contributed by atoms with Gasteiger partial charge in [0.1, 0.15) is 4.60 Å². The van der Waals surface area contributed by atoms with Crippen LogP contribution in [0.2, 0.25) is 0 Å². The second-order valence-electron chi connectivity index (χ2n) is 2.01. The molecule has 0 fully saturated rings. The summed E-state index contributed by atoms with van der Waals surface area (Å²) in [5.41, 5.74) is 6.35. The molecule has 3 nitrogen and oxygen atoms in total. The largest absolute Gasteiger partial charge is 0.481 e. The Kier molecular flexibility index (Phi) is 8.77. The molecule has 0 atom stereocenters. The molecular weight excluding hydrogens is 279 g/mol. The van der Waals surface area contributed by atoms with Gasteiger partial charge < -0.3 is 10.5 Å². The van der Waals surface area contributed by atoms with Crippen LogP contribution in [0.25, 0.3) is 0 Å².